The molecule has 1 saturated heterocycles. The smallest absolute Gasteiger partial charge is 0.326 e. The highest BCUT2D eigenvalue weighted by molar-refractivity contribution is 7.09. The SMILES string of the molecule is Cc1csc(CCNC(=O)N2CCC[C@H]2C(=O)O)n1. The van der Waals surface area contributed by atoms with E-state index >= 15 is 0 Å². The van der Waals surface area contributed by atoms with Crippen LogP contribution in [0, 0.1) is 6.92 Å². The van der Waals surface area contributed by atoms with Crippen LogP contribution in [0.5, 0.6) is 0 Å². The summed E-state index contributed by atoms with van der Waals surface area (Å²) < 4.78 is 0. The Balaban J connectivity index is 1.79. The van der Waals surface area contributed by atoms with Crippen molar-refractivity contribution >= 4 is 23.3 Å². The van der Waals surface area contributed by atoms with Crippen molar-refractivity contribution in [1.29, 1.82) is 0 Å². The lowest BCUT2D eigenvalue weighted by Gasteiger charge is -2.21. The first-order valence-electron chi connectivity index (χ1n) is 6.26. The van der Waals surface area contributed by atoms with Gasteiger partial charge in [-0.25, -0.2) is 14.6 Å². The van der Waals surface area contributed by atoms with E-state index in [1.165, 1.54) is 4.90 Å². The second-order valence-corrected chi connectivity index (χ2v) is 5.50. The lowest BCUT2D eigenvalue weighted by atomic mass is 10.2. The average molecular weight is 283 g/mol. The molecule has 0 unspecified atom stereocenters. The minimum atomic E-state index is -0.928. The van der Waals surface area contributed by atoms with Gasteiger partial charge in [-0.2, -0.15) is 0 Å². The van der Waals surface area contributed by atoms with Gasteiger partial charge in [0.05, 0.1) is 5.01 Å². The number of hydrogen-bond donors (Lipinski definition) is 2. The highest BCUT2D eigenvalue weighted by Crippen LogP contribution is 2.17. The van der Waals surface area contributed by atoms with Crippen molar-refractivity contribution in [3.05, 3.63) is 16.1 Å². The van der Waals surface area contributed by atoms with Crippen molar-refractivity contribution in [2.75, 3.05) is 13.1 Å². The monoisotopic (exact) mass is 283 g/mol. The molecule has 1 atom stereocenters. The number of rotatable bonds is 4. The number of likely N-dealkylation sites (tertiary alicyclic amines) is 1. The van der Waals surface area contributed by atoms with Crippen molar-refractivity contribution in [3.63, 3.8) is 0 Å². The Labute approximate surface area is 115 Å². The zero-order chi connectivity index (χ0) is 13.8. The maximum Gasteiger partial charge on any atom is 0.326 e. The number of carbonyl (C=O) groups excluding carboxylic acids is 1. The first-order chi connectivity index (χ1) is 9.08. The summed E-state index contributed by atoms with van der Waals surface area (Å²) in [5.41, 5.74) is 0.983. The molecule has 1 aliphatic rings. The Kier molecular flexibility index (Phi) is 4.36. The Morgan fingerprint density at radius 3 is 3.05 bits per heavy atom. The fraction of sp³-hybridized carbons (Fsp3) is 0.583. The highest BCUT2D eigenvalue weighted by atomic mass is 32.1. The molecule has 1 aromatic rings. The summed E-state index contributed by atoms with van der Waals surface area (Å²) >= 11 is 1.57. The van der Waals surface area contributed by atoms with Crippen LogP contribution in [-0.2, 0) is 11.2 Å². The summed E-state index contributed by atoms with van der Waals surface area (Å²) in [7, 11) is 0. The van der Waals surface area contributed by atoms with Gasteiger partial charge in [-0.05, 0) is 19.8 Å². The quantitative estimate of drug-likeness (QED) is 0.871. The largest absolute Gasteiger partial charge is 0.480 e. The molecule has 0 aromatic carbocycles. The molecule has 0 spiro atoms. The van der Waals surface area contributed by atoms with E-state index in [0.29, 0.717) is 25.9 Å². The molecule has 1 aliphatic heterocycles. The Morgan fingerprint density at radius 2 is 2.42 bits per heavy atom. The Bertz CT molecular complexity index is 475. The van der Waals surface area contributed by atoms with Crippen LogP contribution in [0.1, 0.15) is 23.5 Å². The summed E-state index contributed by atoms with van der Waals surface area (Å²) in [6.45, 7) is 2.92. The zero-order valence-electron chi connectivity index (χ0n) is 10.8. The molecular formula is C12H17N3O3S. The summed E-state index contributed by atoms with van der Waals surface area (Å²) in [6.07, 6.45) is 1.96. The van der Waals surface area contributed by atoms with Gasteiger partial charge in [-0.1, -0.05) is 0 Å². The second-order valence-electron chi connectivity index (χ2n) is 4.55. The number of carbonyl (C=O) groups is 2. The number of aryl methyl sites for hydroxylation is 1. The number of carboxylic acids is 1. The van der Waals surface area contributed by atoms with Gasteiger partial charge in [0.15, 0.2) is 0 Å². The van der Waals surface area contributed by atoms with Crippen molar-refractivity contribution in [1.82, 2.24) is 15.2 Å². The molecule has 2 amide bonds. The maximum absolute atomic E-state index is 11.9. The van der Waals surface area contributed by atoms with Crippen LogP contribution in [0.15, 0.2) is 5.38 Å². The number of hydrogen-bond acceptors (Lipinski definition) is 4. The Hall–Kier alpha value is -1.63. The molecule has 104 valence electrons. The normalized spacial score (nSPS) is 18.6. The van der Waals surface area contributed by atoms with Crippen LogP contribution in [-0.4, -0.2) is 46.1 Å². The second kappa shape index (κ2) is 6.01. The number of urea groups is 1. The van der Waals surface area contributed by atoms with E-state index in [4.69, 9.17) is 5.11 Å². The Morgan fingerprint density at radius 1 is 1.63 bits per heavy atom. The molecule has 2 rings (SSSR count). The third-order valence-electron chi connectivity index (χ3n) is 3.08. The molecule has 0 saturated carbocycles. The zero-order valence-corrected chi connectivity index (χ0v) is 11.6. The molecule has 0 aliphatic carbocycles. The van der Waals surface area contributed by atoms with Crippen LogP contribution >= 0.6 is 11.3 Å². The van der Waals surface area contributed by atoms with Crippen LogP contribution in [0.3, 0.4) is 0 Å². The predicted molar refractivity (Wildman–Crippen MR) is 71.3 cm³/mol. The third kappa shape index (κ3) is 3.44. The van der Waals surface area contributed by atoms with Gasteiger partial charge in [-0.15, -0.1) is 11.3 Å². The van der Waals surface area contributed by atoms with E-state index in [9.17, 15) is 9.59 Å². The topological polar surface area (TPSA) is 82.5 Å². The van der Waals surface area contributed by atoms with Gasteiger partial charge in [0, 0.05) is 30.6 Å². The number of carboxylic acid groups (broad SMARTS) is 1. The van der Waals surface area contributed by atoms with Gasteiger partial charge in [0.25, 0.3) is 0 Å². The van der Waals surface area contributed by atoms with E-state index in [0.717, 1.165) is 17.1 Å². The molecule has 2 N–H and O–H groups in total. The molecule has 6 nitrogen and oxygen atoms in total. The first-order valence-corrected chi connectivity index (χ1v) is 7.14. The molecule has 0 radical (unpaired) electrons. The van der Waals surface area contributed by atoms with Crippen LogP contribution in [0.2, 0.25) is 0 Å². The molecule has 19 heavy (non-hydrogen) atoms. The number of thiazole rings is 1. The van der Waals surface area contributed by atoms with Crippen molar-refractivity contribution in [3.8, 4) is 0 Å². The number of amides is 2. The molecule has 1 aromatic heterocycles. The minimum absolute atomic E-state index is 0.293. The van der Waals surface area contributed by atoms with Crippen molar-refractivity contribution in [2.24, 2.45) is 0 Å². The van der Waals surface area contributed by atoms with E-state index in [1.54, 1.807) is 11.3 Å². The summed E-state index contributed by atoms with van der Waals surface area (Å²) in [5, 5.41) is 14.7. The van der Waals surface area contributed by atoms with E-state index in [-0.39, 0.29) is 6.03 Å². The number of aliphatic carboxylic acids is 1. The van der Waals surface area contributed by atoms with Gasteiger partial charge >= 0.3 is 12.0 Å². The molecule has 2 heterocycles. The van der Waals surface area contributed by atoms with Crippen molar-refractivity contribution < 1.29 is 14.7 Å². The lowest BCUT2D eigenvalue weighted by molar-refractivity contribution is -0.141. The summed E-state index contributed by atoms with van der Waals surface area (Å²) in [4.78, 5) is 28.6. The van der Waals surface area contributed by atoms with E-state index in [1.807, 2.05) is 12.3 Å². The number of nitrogens with one attached hydrogen (secondary N) is 1. The van der Waals surface area contributed by atoms with Crippen LogP contribution in [0.25, 0.3) is 0 Å². The highest BCUT2D eigenvalue weighted by Gasteiger charge is 2.33. The fourth-order valence-corrected chi connectivity index (χ4v) is 2.94. The maximum atomic E-state index is 11.9. The van der Waals surface area contributed by atoms with Gasteiger partial charge in [0.2, 0.25) is 0 Å². The predicted octanol–water partition coefficient (Wildman–Crippen LogP) is 1.25. The number of nitrogens with zero attached hydrogens (tertiary/aromatic N) is 2. The van der Waals surface area contributed by atoms with E-state index < -0.39 is 12.0 Å². The van der Waals surface area contributed by atoms with Gasteiger partial charge in [-0.3, -0.25) is 0 Å². The lowest BCUT2D eigenvalue weighted by Crippen LogP contribution is -2.46. The minimum Gasteiger partial charge on any atom is -0.480 e. The van der Waals surface area contributed by atoms with Crippen LogP contribution < -0.4 is 5.32 Å². The summed E-state index contributed by atoms with van der Waals surface area (Å²) in [5.74, 6) is -0.928. The fourth-order valence-electron chi connectivity index (χ4n) is 2.16. The standard InChI is InChI=1S/C12H17N3O3S/c1-8-7-19-10(14-8)4-5-13-12(18)15-6-2-3-9(15)11(16)17/h7,9H,2-6H2,1H3,(H,13,18)(H,16,17)/t9-/m0/s1. The molecular weight excluding hydrogens is 266 g/mol. The van der Waals surface area contributed by atoms with Crippen molar-refractivity contribution in [2.45, 2.75) is 32.2 Å². The first kappa shape index (κ1) is 13.8. The third-order valence-corrected chi connectivity index (χ3v) is 4.11. The average Bonchev–Trinajstić information content (AvgIpc) is 2.97. The van der Waals surface area contributed by atoms with E-state index in [2.05, 4.69) is 10.3 Å². The van der Waals surface area contributed by atoms with Crippen LogP contribution in [0.4, 0.5) is 4.79 Å². The van der Waals surface area contributed by atoms with Gasteiger partial charge < -0.3 is 15.3 Å². The molecule has 0 bridgehead atoms. The summed E-state index contributed by atoms with van der Waals surface area (Å²) in [6, 6.07) is -0.972. The molecule has 7 heteroatoms. The number of aromatic nitrogens is 1. The molecule has 1 fully saturated rings. The van der Waals surface area contributed by atoms with Gasteiger partial charge in [0.1, 0.15) is 6.04 Å².